The molecule has 0 bridgehead atoms. The lowest BCUT2D eigenvalue weighted by Gasteiger charge is -2.02. The molecule has 96 valence electrons. The highest BCUT2D eigenvalue weighted by Gasteiger charge is 2.04. The van der Waals surface area contributed by atoms with Crippen LogP contribution < -0.4 is 10.2 Å². The highest BCUT2D eigenvalue weighted by molar-refractivity contribution is 5.95. The zero-order valence-corrected chi connectivity index (χ0v) is 10.4. The van der Waals surface area contributed by atoms with E-state index in [0.717, 1.165) is 5.56 Å². The summed E-state index contributed by atoms with van der Waals surface area (Å²) in [6.07, 6.45) is 4.87. The van der Waals surface area contributed by atoms with Gasteiger partial charge in [-0.15, -0.1) is 0 Å². The first kappa shape index (κ1) is 12.8. The van der Waals surface area contributed by atoms with E-state index in [1.54, 1.807) is 62.1 Å². The van der Waals surface area contributed by atoms with Gasteiger partial charge in [-0.2, -0.15) is 5.10 Å². The average molecular weight is 255 g/mol. The Kier molecular flexibility index (Phi) is 4.23. The number of hydrogen-bond acceptors (Lipinski definition) is 4. The van der Waals surface area contributed by atoms with Gasteiger partial charge in [0.2, 0.25) is 0 Å². The number of hydrazone groups is 1. The van der Waals surface area contributed by atoms with E-state index < -0.39 is 0 Å². The lowest BCUT2D eigenvalue weighted by Crippen LogP contribution is -2.17. The lowest BCUT2D eigenvalue weighted by atomic mass is 10.2. The van der Waals surface area contributed by atoms with Crippen LogP contribution in [0.5, 0.6) is 5.75 Å². The molecule has 0 aliphatic heterocycles. The van der Waals surface area contributed by atoms with Crippen molar-refractivity contribution in [2.24, 2.45) is 5.10 Å². The summed E-state index contributed by atoms with van der Waals surface area (Å²) in [6.45, 7) is 0. The summed E-state index contributed by atoms with van der Waals surface area (Å²) < 4.78 is 5.05. The molecule has 0 radical (unpaired) electrons. The summed E-state index contributed by atoms with van der Waals surface area (Å²) in [6, 6.07) is 10.5. The highest BCUT2D eigenvalue weighted by atomic mass is 16.5. The van der Waals surface area contributed by atoms with Gasteiger partial charge in [0, 0.05) is 18.0 Å². The molecule has 0 aliphatic carbocycles. The molecule has 19 heavy (non-hydrogen) atoms. The van der Waals surface area contributed by atoms with Crippen molar-refractivity contribution >= 4 is 12.1 Å². The van der Waals surface area contributed by atoms with Gasteiger partial charge < -0.3 is 4.74 Å². The van der Waals surface area contributed by atoms with Crippen molar-refractivity contribution in [1.82, 2.24) is 10.4 Å². The SMILES string of the molecule is COc1cccc(C(=O)N/N=C\c2ccncc2)c1. The number of rotatable bonds is 4. The third kappa shape index (κ3) is 3.64. The van der Waals surface area contributed by atoms with E-state index >= 15 is 0 Å². The van der Waals surface area contributed by atoms with E-state index in [2.05, 4.69) is 15.5 Å². The smallest absolute Gasteiger partial charge is 0.271 e. The van der Waals surface area contributed by atoms with Crippen LogP contribution in [0.4, 0.5) is 0 Å². The van der Waals surface area contributed by atoms with Crippen LogP contribution in [0.25, 0.3) is 0 Å². The number of pyridine rings is 1. The van der Waals surface area contributed by atoms with E-state index in [1.807, 2.05) is 0 Å². The Labute approximate surface area is 110 Å². The van der Waals surface area contributed by atoms with Crippen LogP contribution >= 0.6 is 0 Å². The molecule has 1 aromatic heterocycles. The van der Waals surface area contributed by atoms with Gasteiger partial charge >= 0.3 is 0 Å². The Bertz CT molecular complexity index is 582. The van der Waals surface area contributed by atoms with Crippen LogP contribution in [-0.2, 0) is 0 Å². The number of amides is 1. The summed E-state index contributed by atoms with van der Waals surface area (Å²) in [5.41, 5.74) is 3.81. The molecule has 0 unspecified atom stereocenters. The minimum atomic E-state index is -0.288. The van der Waals surface area contributed by atoms with Gasteiger partial charge in [-0.25, -0.2) is 5.43 Å². The van der Waals surface area contributed by atoms with Crippen molar-refractivity contribution in [3.05, 3.63) is 59.9 Å². The molecule has 0 fully saturated rings. The van der Waals surface area contributed by atoms with E-state index in [4.69, 9.17) is 4.74 Å². The molecule has 1 N–H and O–H groups in total. The van der Waals surface area contributed by atoms with Crippen molar-refractivity contribution in [3.63, 3.8) is 0 Å². The molecule has 1 amide bonds. The van der Waals surface area contributed by atoms with Crippen molar-refractivity contribution in [3.8, 4) is 5.75 Å². The fraction of sp³-hybridized carbons (Fsp3) is 0.0714. The van der Waals surface area contributed by atoms with Crippen LogP contribution in [-0.4, -0.2) is 24.2 Å². The molecular formula is C14H13N3O2. The predicted octanol–water partition coefficient (Wildman–Crippen LogP) is 1.85. The van der Waals surface area contributed by atoms with Crippen LogP contribution in [0.15, 0.2) is 53.9 Å². The minimum absolute atomic E-state index is 0.288. The summed E-state index contributed by atoms with van der Waals surface area (Å²) in [5, 5.41) is 3.88. The van der Waals surface area contributed by atoms with Gasteiger partial charge in [0.25, 0.3) is 5.91 Å². The van der Waals surface area contributed by atoms with Crippen LogP contribution in [0.2, 0.25) is 0 Å². The molecular weight excluding hydrogens is 242 g/mol. The molecule has 0 aliphatic rings. The largest absolute Gasteiger partial charge is 0.497 e. The Hall–Kier alpha value is -2.69. The molecule has 0 spiro atoms. The second-order valence-electron chi connectivity index (χ2n) is 3.71. The fourth-order valence-corrected chi connectivity index (χ4v) is 1.44. The third-order valence-corrected chi connectivity index (χ3v) is 2.42. The van der Waals surface area contributed by atoms with Gasteiger partial charge in [-0.1, -0.05) is 6.07 Å². The number of carbonyl (C=O) groups excluding carboxylic acids is 1. The van der Waals surface area contributed by atoms with Crippen molar-refractivity contribution < 1.29 is 9.53 Å². The van der Waals surface area contributed by atoms with E-state index in [-0.39, 0.29) is 5.91 Å². The molecule has 0 atom stereocenters. The standard InChI is InChI=1S/C14H13N3O2/c1-19-13-4-2-3-12(9-13)14(18)17-16-10-11-5-7-15-8-6-11/h2-10H,1H3,(H,17,18)/b16-10-. The lowest BCUT2D eigenvalue weighted by molar-refractivity contribution is 0.0955. The second kappa shape index (κ2) is 6.30. The first-order valence-corrected chi connectivity index (χ1v) is 5.67. The predicted molar refractivity (Wildman–Crippen MR) is 72.3 cm³/mol. The Morgan fingerprint density at radius 3 is 2.84 bits per heavy atom. The zero-order valence-electron chi connectivity index (χ0n) is 10.4. The fourth-order valence-electron chi connectivity index (χ4n) is 1.44. The number of methoxy groups -OCH3 is 1. The topological polar surface area (TPSA) is 63.6 Å². The highest BCUT2D eigenvalue weighted by Crippen LogP contribution is 2.12. The van der Waals surface area contributed by atoms with Gasteiger partial charge in [0.05, 0.1) is 13.3 Å². The van der Waals surface area contributed by atoms with Gasteiger partial charge in [0.1, 0.15) is 5.75 Å². The Morgan fingerprint density at radius 2 is 2.11 bits per heavy atom. The number of aromatic nitrogens is 1. The summed E-state index contributed by atoms with van der Waals surface area (Å²) in [4.78, 5) is 15.7. The number of hydrogen-bond donors (Lipinski definition) is 1. The number of nitrogens with zero attached hydrogens (tertiary/aromatic N) is 2. The Morgan fingerprint density at radius 1 is 1.32 bits per heavy atom. The van der Waals surface area contributed by atoms with E-state index in [1.165, 1.54) is 0 Å². The van der Waals surface area contributed by atoms with Crippen molar-refractivity contribution in [1.29, 1.82) is 0 Å². The molecule has 5 heteroatoms. The maximum absolute atomic E-state index is 11.8. The molecule has 5 nitrogen and oxygen atoms in total. The van der Waals surface area contributed by atoms with Crippen molar-refractivity contribution in [2.45, 2.75) is 0 Å². The van der Waals surface area contributed by atoms with E-state index in [9.17, 15) is 4.79 Å². The number of ether oxygens (including phenoxy) is 1. The third-order valence-electron chi connectivity index (χ3n) is 2.42. The van der Waals surface area contributed by atoms with Gasteiger partial charge in [0.15, 0.2) is 0 Å². The summed E-state index contributed by atoms with van der Waals surface area (Å²) in [7, 11) is 1.55. The average Bonchev–Trinajstić information content (AvgIpc) is 2.48. The molecule has 1 heterocycles. The second-order valence-corrected chi connectivity index (χ2v) is 3.71. The van der Waals surface area contributed by atoms with Crippen LogP contribution in [0, 0.1) is 0 Å². The quantitative estimate of drug-likeness (QED) is 0.670. The first-order valence-electron chi connectivity index (χ1n) is 5.67. The molecule has 0 saturated heterocycles. The Balaban J connectivity index is 1.99. The first-order chi connectivity index (χ1) is 9.29. The number of benzene rings is 1. The minimum Gasteiger partial charge on any atom is -0.497 e. The van der Waals surface area contributed by atoms with E-state index in [0.29, 0.717) is 11.3 Å². The maximum atomic E-state index is 11.8. The molecule has 1 aromatic carbocycles. The summed E-state index contributed by atoms with van der Waals surface area (Å²) >= 11 is 0. The molecule has 0 saturated carbocycles. The normalized spacial score (nSPS) is 10.4. The van der Waals surface area contributed by atoms with Gasteiger partial charge in [-0.05, 0) is 35.9 Å². The number of nitrogens with one attached hydrogen (secondary N) is 1. The van der Waals surface area contributed by atoms with Gasteiger partial charge in [-0.3, -0.25) is 9.78 Å². The van der Waals surface area contributed by atoms with Crippen molar-refractivity contribution in [2.75, 3.05) is 7.11 Å². The summed E-state index contributed by atoms with van der Waals surface area (Å²) in [5.74, 6) is 0.343. The maximum Gasteiger partial charge on any atom is 0.271 e. The number of carbonyl (C=O) groups is 1. The molecule has 2 aromatic rings. The zero-order chi connectivity index (χ0) is 13.5. The monoisotopic (exact) mass is 255 g/mol. The van der Waals surface area contributed by atoms with Crippen LogP contribution in [0.1, 0.15) is 15.9 Å². The van der Waals surface area contributed by atoms with Crippen LogP contribution in [0.3, 0.4) is 0 Å². The molecule has 2 rings (SSSR count).